The molecule has 19 heavy (non-hydrogen) atoms. The number of nitrogens with two attached hydrogens (primary N) is 2. The number of hydrogen-bond acceptors (Lipinski definition) is 4. The molecule has 5 heteroatoms. The van der Waals surface area contributed by atoms with Crippen LogP contribution in [0.2, 0.25) is 0 Å². The smallest absolute Gasteiger partial charge is 0.338 e. The molecule has 0 unspecified atom stereocenters. The van der Waals surface area contributed by atoms with Gasteiger partial charge in [0.15, 0.2) is 0 Å². The molecule has 0 heterocycles. The first-order valence-electron chi connectivity index (χ1n) is 5.63. The van der Waals surface area contributed by atoms with Crippen molar-refractivity contribution in [3.05, 3.63) is 58.1 Å². The lowest BCUT2D eigenvalue weighted by atomic mass is 10.2. The molecular weight excluding hydrogens is 308 g/mol. The number of anilines is 2. The summed E-state index contributed by atoms with van der Waals surface area (Å²) in [6.07, 6.45) is 0. The van der Waals surface area contributed by atoms with Crippen molar-refractivity contribution in [1.29, 1.82) is 0 Å². The van der Waals surface area contributed by atoms with Crippen LogP contribution in [0.3, 0.4) is 0 Å². The second kappa shape index (κ2) is 5.75. The van der Waals surface area contributed by atoms with Crippen molar-refractivity contribution in [2.75, 3.05) is 11.5 Å². The summed E-state index contributed by atoms with van der Waals surface area (Å²) in [5.41, 5.74) is 13.4. The molecule has 0 fully saturated rings. The third-order valence-electron chi connectivity index (χ3n) is 2.53. The molecule has 4 nitrogen and oxygen atoms in total. The van der Waals surface area contributed by atoms with E-state index in [4.69, 9.17) is 16.2 Å². The van der Waals surface area contributed by atoms with E-state index in [0.29, 0.717) is 16.9 Å². The predicted octanol–water partition coefficient (Wildman–Crippen LogP) is 2.97. The number of carbonyl (C=O) groups excluding carboxylic acids is 1. The number of carbonyl (C=O) groups is 1. The van der Waals surface area contributed by atoms with Crippen LogP contribution in [0.5, 0.6) is 0 Å². The highest BCUT2D eigenvalue weighted by atomic mass is 79.9. The fourth-order valence-electron chi connectivity index (χ4n) is 1.64. The molecule has 0 spiro atoms. The minimum absolute atomic E-state index is 0.189. The number of halogens is 1. The lowest BCUT2D eigenvalue weighted by Crippen LogP contribution is -2.07. The zero-order chi connectivity index (χ0) is 13.8. The van der Waals surface area contributed by atoms with E-state index in [1.807, 2.05) is 24.3 Å². The Morgan fingerprint density at radius 3 is 2.37 bits per heavy atom. The molecule has 2 aromatic rings. The van der Waals surface area contributed by atoms with Crippen LogP contribution in [0.4, 0.5) is 11.4 Å². The molecule has 0 aromatic heterocycles. The van der Waals surface area contributed by atoms with Gasteiger partial charge in [-0.2, -0.15) is 0 Å². The van der Waals surface area contributed by atoms with Crippen LogP contribution in [-0.2, 0) is 11.3 Å². The van der Waals surface area contributed by atoms with Crippen molar-refractivity contribution in [1.82, 2.24) is 0 Å². The quantitative estimate of drug-likeness (QED) is 0.673. The Morgan fingerprint density at radius 1 is 1.11 bits per heavy atom. The molecule has 0 atom stereocenters. The topological polar surface area (TPSA) is 78.3 Å². The summed E-state index contributed by atoms with van der Waals surface area (Å²) in [6, 6.07) is 12.2. The Kier molecular flexibility index (Phi) is 4.06. The molecule has 0 radical (unpaired) electrons. The van der Waals surface area contributed by atoms with Crippen LogP contribution in [0, 0.1) is 0 Å². The van der Waals surface area contributed by atoms with Crippen LogP contribution in [0.15, 0.2) is 46.9 Å². The van der Waals surface area contributed by atoms with E-state index in [-0.39, 0.29) is 6.61 Å². The average Bonchev–Trinajstić information content (AvgIpc) is 2.36. The molecule has 0 amide bonds. The van der Waals surface area contributed by atoms with E-state index in [2.05, 4.69) is 15.9 Å². The molecular formula is C14H13BrN2O2. The van der Waals surface area contributed by atoms with E-state index in [1.54, 1.807) is 18.2 Å². The lowest BCUT2D eigenvalue weighted by Gasteiger charge is -2.07. The molecule has 0 aliphatic rings. The Bertz CT molecular complexity index is 594. The molecule has 2 rings (SSSR count). The summed E-state index contributed by atoms with van der Waals surface area (Å²) >= 11 is 3.39. The normalized spacial score (nSPS) is 10.2. The number of hydrogen-bond donors (Lipinski definition) is 2. The fraction of sp³-hybridized carbons (Fsp3) is 0.0714. The fourth-order valence-corrected chi connectivity index (χ4v) is 2.04. The van der Waals surface area contributed by atoms with Gasteiger partial charge in [-0.3, -0.25) is 0 Å². The Morgan fingerprint density at radius 2 is 1.74 bits per heavy atom. The average molecular weight is 321 g/mol. The summed E-state index contributed by atoms with van der Waals surface area (Å²) < 4.78 is 6.12. The van der Waals surface area contributed by atoms with Crippen LogP contribution >= 0.6 is 15.9 Å². The molecule has 0 saturated carbocycles. The molecule has 0 aliphatic carbocycles. The highest BCUT2D eigenvalue weighted by molar-refractivity contribution is 9.10. The summed E-state index contributed by atoms with van der Waals surface area (Å²) in [6.45, 7) is 0.189. The number of rotatable bonds is 3. The maximum Gasteiger partial charge on any atom is 0.338 e. The minimum Gasteiger partial charge on any atom is -0.457 e. The standard InChI is InChI=1S/C14H13BrN2O2/c15-13-4-2-1-3-9(13)8-19-14(18)10-5-11(16)7-12(17)6-10/h1-7H,8,16-17H2. The molecule has 0 saturated heterocycles. The van der Waals surface area contributed by atoms with Gasteiger partial charge in [0.05, 0.1) is 5.56 Å². The van der Waals surface area contributed by atoms with Crippen LogP contribution in [0.25, 0.3) is 0 Å². The van der Waals surface area contributed by atoms with Gasteiger partial charge in [0.25, 0.3) is 0 Å². The van der Waals surface area contributed by atoms with Crippen molar-refractivity contribution >= 4 is 33.3 Å². The van der Waals surface area contributed by atoms with Gasteiger partial charge in [-0.15, -0.1) is 0 Å². The van der Waals surface area contributed by atoms with Gasteiger partial charge >= 0.3 is 5.97 Å². The van der Waals surface area contributed by atoms with Crippen molar-refractivity contribution < 1.29 is 9.53 Å². The van der Waals surface area contributed by atoms with E-state index >= 15 is 0 Å². The van der Waals surface area contributed by atoms with Gasteiger partial charge in [-0.1, -0.05) is 34.1 Å². The maximum absolute atomic E-state index is 11.9. The predicted molar refractivity (Wildman–Crippen MR) is 78.5 cm³/mol. The van der Waals surface area contributed by atoms with E-state index < -0.39 is 5.97 Å². The zero-order valence-electron chi connectivity index (χ0n) is 10.1. The second-order valence-corrected chi connectivity index (χ2v) is 4.91. The SMILES string of the molecule is Nc1cc(N)cc(C(=O)OCc2ccccc2Br)c1. The van der Waals surface area contributed by atoms with Crippen LogP contribution in [0.1, 0.15) is 15.9 Å². The van der Waals surface area contributed by atoms with Gasteiger partial charge in [0.2, 0.25) is 0 Å². The van der Waals surface area contributed by atoms with Gasteiger partial charge in [0.1, 0.15) is 6.61 Å². The third-order valence-corrected chi connectivity index (χ3v) is 3.30. The Balaban J connectivity index is 2.08. The zero-order valence-corrected chi connectivity index (χ0v) is 11.7. The summed E-state index contributed by atoms with van der Waals surface area (Å²) in [7, 11) is 0. The first kappa shape index (κ1) is 13.4. The molecule has 0 bridgehead atoms. The summed E-state index contributed by atoms with van der Waals surface area (Å²) in [5, 5.41) is 0. The monoisotopic (exact) mass is 320 g/mol. The second-order valence-electron chi connectivity index (χ2n) is 4.06. The Labute approximate surface area is 119 Å². The number of esters is 1. The van der Waals surface area contributed by atoms with Crippen LogP contribution in [-0.4, -0.2) is 5.97 Å². The molecule has 0 aliphatic heterocycles. The van der Waals surface area contributed by atoms with Crippen molar-refractivity contribution in [2.24, 2.45) is 0 Å². The minimum atomic E-state index is -0.449. The first-order chi connectivity index (χ1) is 9.06. The van der Waals surface area contributed by atoms with E-state index in [0.717, 1.165) is 10.0 Å². The summed E-state index contributed by atoms with van der Waals surface area (Å²) in [5.74, 6) is -0.449. The third kappa shape index (κ3) is 3.48. The lowest BCUT2D eigenvalue weighted by molar-refractivity contribution is 0.0472. The highest BCUT2D eigenvalue weighted by Crippen LogP contribution is 2.18. The van der Waals surface area contributed by atoms with Gasteiger partial charge in [0, 0.05) is 21.4 Å². The molecule has 98 valence electrons. The molecule has 2 aromatic carbocycles. The van der Waals surface area contributed by atoms with Crippen molar-refractivity contribution in [2.45, 2.75) is 6.61 Å². The highest BCUT2D eigenvalue weighted by Gasteiger charge is 2.10. The van der Waals surface area contributed by atoms with Crippen molar-refractivity contribution in [3.63, 3.8) is 0 Å². The summed E-state index contributed by atoms with van der Waals surface area (Å²) in [4.78, 5) is 11.9. The Hall–Kier alpha value is -2.01. The van der Waals surface area contributed by atoms with E-state index in [1.165, 1.54) is 0 Å². The van der Waals surface area contributed by atoms with E-state index in [9.17, 15) is 4.79 Å². The van der Waals surface area contributed by atoms with Crippen LogP contribution < -0.4 is 11.5 Å². The first-order valence-corrected chi connectivity index (χ1v) is 6.42. The van der Waals surface area contributed by atoms with Gasteiger partial charge < -0.3 is 16.2 Å². The number of nitrogen functional groups attached to an aromatic ring is 2. The number of benzene rings is 2. The maximum atomic E-state index is 11.9. The molecule has 4 N–H and O–H groups in total. The van der Waals surface area contributed by atoms with Gasteiger partial charge in [-0.25, -0.2) is 4.79 Å². The number of ether oxygens (including phenoxy) is 1. The van der Waals surface area contributed by atoms with Gasteiger partial charge in [-0.05, 0) is 24.3 Å². The van der Waals surface area contributed by atoms with Crippen molar-refractivity contribution in [3.8, 4) is 0 Å². The largest absolute Gasteiger partial charge is 0.457 e.